The van der Waals surface area contributed by atoms with Gasteiger partial charge in [0, 0.05) is 6.54 Å². The van der Waals surface area contributed by atoms with Gasteiger partial charge in [0.2, 0.25) is 0 Å². The smallest absolute Gasteiger partial charge is 0.00203 e. The van der Waals surface area contributed by atoms with Gasteiger partial charge in [0.05, 0.1) is 0 Å². The van der Waals surface area contributed by atoms with Gasteiger partial charge in [-0.15, -0.1) is 0 Å². The van der Waals surface area contributed by atoms with E-state index in [-0.39, 0.29) is 0 Å². The molecule has 1 aliphatic rings. The van der Waals surface area contributed by atoms with Crippen LogP contribution in [0, 0.1) is 5.92 Å². The molecule has 1 aliphatic heterocycles. The lowest BCUT2D eigenvalue weighted by Gasteiger charge is -2.28. The van der Waals surface area contributed by atoms with Gasteiger partial charge in [-0.25, -0.2) is 0 Å². The predicted molar refractivity (Wildman–Crippen MR) is 65.2 cm³/mol. The predicted octanol–water partition coefficient (Wildman–Crippen LogP) is 2.96. The molecule has 1 aromatic rings. The van der Waals surface area contributed by atoms with Crippen molar-refractivity contribution in [3.05, 3.63) is 35.4 Å². The zero-order valence-electron chi connectivity index (χ0n) is 9.79. The van der Waals surface area contributed by atoms with Crippen LogP contribution in [0.15, 0.2) is 24.3 Å². The molecule has 1 heteroatoms. The number of piperidine rings is 1. The van der Waals surface area contributed by atoms with Crippen LogP contribution in [0.3, 0.4) is 0 Å². The molecule has 1 saturated heterocycles. The Morgan fingerprint density at radius 2 is 2.20 bits per heavy atom. The van der Waals surface area contributed by atoms with Gasteiger partial charge in [-0.05, 0) is 42.3 Å². The Morgan fingerprint density at radius 1 is 1.33 bits per heavy atom. The van der Waals surface area contributed by atoms with Crippen molar-refractivity contribution < 1.29 is 0 Å². The topological polar surface area (TPSA) is 12.0 Å². The molecule has 1 heterocycles. The first-order valence-corrected chi connectivity index (χ1v) is 6.09. The van der Waals surface area contributed by atoms with E-state index < -0.39 is 0 Å². The van der Waals surface area contributed by atoms with Gasteiger partial charge >= 0.3 is 0 Å². The van der Waals surface area contributed by atoms with Crippen LogP contribution in [-0.2, 0) is 6.42 Å². The standard InChI is InChI=1S/C14H21N/c1-3-12-5-4-6-13(8-12)14-7-11(2)9-15-10-14/h4-6,8,11,14-15H,3,7,9-10H2,1-2H3. The summed E-state index contributed by atoms with van der Waals surface area (Å²) in [7, 11) is 0. The molecule has 0 radical (unpaired) electrons. The second-order valence-electron chi connectivity index (χ2n) is 4.79. The van der Waals surface area contributed by atoms with Crippen molar-refractivity contribution in [2.24, 2.45) is 5.92 Å². The third kappa shape index (κ3) is 2.60. The van der Waals surface area contributed by atoms with Crippen molar-refractivity contribution in [3.8, 4) is 0 Å². The van der Waals surface area contributed by atoms with Crippen LogP contribution in [0.5, 0.6) is 0 Å². The Balaban J connectivity index is 2.13. The van der Waals surface area contributed by atoms with Crippen molar-refractivity contribution in [2.45, 2.75) is 32.6 Å². The quantitative estimate of drug-likeness (QED) is 0.779. The highest BCUT2D eigenvalue weighted by atomic mass is 14.9. The lowest BCUT2D eigenvalue weighted by Crippen LogP contribution is -2.33. The minimum absolute atomic E-state index is 0.722. The summed E-state index contributed by atoms with van der Waals surface area (Å²) in [6, 6.07) is 9.09. The van der Waals surface area contributed by atoms with Gasteiger partial charge in [-0.2, -0.15) is 0 Å². The lowest BCUT2D eigenvalue weighted by molar-refractivity contribution is 0.364. The van der Waals surface area contributed by atoms with Crippen LogP contribution in [-0.4, -0.2) is 13.1 Å². The van der Waals surface area contributed by atoms with Crippen LogP contribution >= 0.6 is 0 Å². The number of aryl methyl sites for hydroxylation is 1. The van der Waals surface area contributed by atoms with Crippen molar-refractivity contribution in [1.82, 2.24) is 5.32 Å². The minimum atomic E-state index is 0.722. The zero-order valence-corrected chi connectivity index (χ0v) is 9.79. The summed E-state index contributed by atoms with van der Waals surface area (Å²) in [5.74, 6) is 1.54. The molecule has 1 aromatic carbocycles. The van der Waals surface area contributed by atoms with Gasteiger partial charge in [0.1, 0.15) is 0 Å². The number of rotatable bonds is 2. The second-order valence-corrected chi connectivity index (χ2v) is 4.79. The van der Waals surface area contributed by atoms with Crippen LogP contribution < -0.4 is 5.32 Å². The summed E-state index contributed by atoms with van der Waals surface area (Å²) in [4.78, 5) is 0. The highest BCUT2D eigenvalue weighted by Crippen LogP contribution is 2.26. The summed E-state index contributed by atoms with van der Waals surface area (Å²) in [6.07, 6.45) is 2.48. The number of hydrogen-bond acceptors (Lipinski definition) is 1. The fourth-order valence-electron chi connectivity index (χ4n) is 2.48. The lowest BCUT2D eigenvalue weighted by atomic mass is 9.86. The maximum atomic E-state index is 3.52. The molecule has 2 unspecified atom stereocenters. The molecule has 0 amide bonds. The first-order valence-electron chi connectivity index (χ1n) is 6.09. The summed E-state index contributed by atoms with van der Waals surface area (Å²) in [5.41, 5.74) is 2.99. The first-order chi connectivity index (χ1) is 7.29. The van der Waals surface area contributed by atoms with E-state index in [9.17, 15) is 0 Å². The molecular formula is C14H21N. The Labute approximate surface area is 92.9 Å². The summed E-state index contributed by atoms with van der Waals surface area (Å²) >= 11 is 0. The molecule has 2 rings (SSSR count). The molecule has 0 aromatic heterocycles. The number of benzene rings is 1. The van der Waals surface area contributed by atoms with Crippen molar-refractivity contribution in [2.75, 3.05) is 13.1 Å². The third-order valence-electron chi connectivity index (χ3n) is 3.40. The minimum Gasteiger partial charge on any atom is -0.316 e. The number of nitrogens with one attached hydrogen (secondary N) is 1. The van der Waals surface area contributed by atoms with E-state index in [1.807, 2.05) is 0 Å². The zero-order chi connectivity index (χ0) is 10.7. The summed E-state index contributed by atoms with van der Waals surface area (Å²) < 4.78 is 0. The van der Waals surface area contributed by atoms with Crippen molar-refractivity contribution in [3.63, 3.8) is 0 Å². The monoisotopic (exact) mass is 203 g/mol. The molecule has 2 atom stereocenters. The van der Waals surface area contributed by atoms with Crippen molar-refractivity contribution >= 4 is 0 Å². The third-order valence-corrected chi connectivity index (χ3v) is 3.40. The van der Waals surface area contributed by atoms with E-state index in [4.69, 9.17) is 0 Å². The fraction of sp³-hybridized carbons (Fsp3) is 0.571. The fourth-order valence-corrected chi connectivity index (χ4v) is 2.48. The summed E-state index contributed by atoms with van der Waals surface area (Å²) in [5, 5.41) is 3.52. The SMILES string of the molecule is CCc1cccc(C2CNCC(C)C2)c1. The summed E-state index contributed by atoms with van der Waals surface area (Å²) in [6.45, 7) is 6.89. The Morgan fingerprint density at radius 3 is 2.93 bits per heavy atom. The molecule has 0 aliphatic carbocycles. The van der Waals surface area contributed by atoms with E-state index in [1.165, 1.54) is 24.1 Å². The van der Waals surface area contributed by atoms with Gasteiger partial charge in [-0.3, -0.25) is 0 Å². The largest absolute Gasteiger partial charge is 0.316 e. The van der Waals surface area contributed by atoms with Crippen LogP contribution in [0.1, 0.15) is 37.3 Å². The van der Waals surface area contributed by atoms with Gasteiger partial charge in [0.25, 0.3) is 0 Å². The average Bonchev–Trinajstić information content (AvgIpc) is 2.29. The molecule has 1 N–H and O–H groups in total. The first kappa shape index (κ1) is 10.7. The number of hydrogen-bond donors (Lipinski definition) is 1. The molecule has 1 nitrogen and oxygen atoms in total. The van der Waals surface area contributed by atoms with Crippen LogP contribution in [0.2, 0.25) is 0 Å². The maximum absolute atomic E-state index is 3.52. The van der Waals surface area contributed by atoms with E-state index in [0.717, 1.165) is 24.8 Å². The Kier molecular flexibility index (Phi) is 3.42. The Hall–Kier alpha value is -0.820. The van der Waals surface area contributed by atoms with Gasteiger partial charge < -0.3 is 5.32 Å². The molecular weight excluding hydrogens is 182 g/mol. The maximum Gasteiger partial charge on any atom is 0.00203 e. The molecule has 15 heavy (non-hydrogen) atoms. The van der Waals surface area contributed by atoms with Crippen LogP contribution in [0.4, 0.5) is 0 Å². The van der Waals surface area contributed by atoms with E-state index in [1.54, 1.807) is 0 Å². The molecule has 0 bridgehead atoms. The highest BCUT2D eigenvalue weighted by Gasteiger charge is 2.19. The molecule has 1 fully saturated rings. The molecule has 0 saturated carbocycles. The van der Waals surface area contributed by atoms with E-state index in [0.29, 0.717) is 0 Å². The normalized spacial score (nSPS) is 26.5. The van der Waals surface area contributed by atoms with Gasteiger partial charge in [-0.1, -0.05) is 38.1 Å². The van der Waals surface area contributed by atoms with Crippen molar-refractivity contribution in [1.29, 1.82) is 0 Å². The second kappa shape index (κ2) is 4.80. The van der Waals surface area contributed by atoms with E-state index in [2.05, 4.69) is 43.4 Å². The molecule has 0 spiro atoms. The van der Waals surface area contributed by atoms with Crippen LogP contribution in [0.25, 0.3) is 0 Å². The van der Waals surface area contributed by atoms with E-state index >= 15 is 0 Å². The Bertz CT molecular complexity index is 319. The molecule has 82 valence electrons. The highest BCUT2D eigenvalue weighted by molar-refractivity contribution is 5.27. The van der Waals surface area contributed by atoms with Gasteiger partial charge in [0.15, 0.2) is 0 Å². The average molecular weight is 203 g/mol.